The summed E-state index contributed by atoms with van der Waals surface area (Å²) in [6.07, 6.45) is 0.948. The molecule has 2 atom stereocenters. The third-order valence-electron chi connectivity index (χ3n) is 1.93. The van der Waals surface area contributed by atoms with Crippen molar-refractivity contribution < 1.29 is 4.79 Å². The zero-order chi connectivity index (χ0) is 6.43. The Bertz CT molecular complexity index is 185. The second-order valence-corrected chi connectivity index (χ2v) is 2.56. The third-order valence-corrected chi connectivity index (χ3v) is 1.93. The Balaban J connectivity index is 2.16. The number of hydrogen-bond acceptors (Lipinski definition) is 1. The molecule has 2 N–H and O–H groups in total. The van der Waals surface area contributed by atoms with Crippen molar-refractivity contribution in [2.75, 3.05) is 0 Å². The third kappa shape index (κ3) is 0.487. The Kier molecular flexibility index (Phi) is 0.695. The van der Waals surface area contributed by atoms with E-state index in [0.717, 1.165) is 12.0 Å². The monoisotopic (exact) mass is 124 g/mol. The second kappa shape index (κ2) is 1.29. The predicted octanol–water partition coefficient (Wildman–Crippen LogP) is -0.00370. The van der Waals surface area contributed by atoms with E-state index in [1.807, 2.05) is 0 Å². The first-order valence-electron chi connectivity index (χ1n) is 3.02. The summed E-state index contributed by atoms with van der Waals surface area (Å²) in [7, 11) is 0. The summed E-state index contributed by atoms with van der Waals surface area (Å²) in [5.41, 5.74) is 1.14. The molecule has 1 saturated heterocycles. The van der Waals surface area contributed by atoms with Crippen LogP contribution in [0.15, 0.2) is 12.2 Å². The van der Waals surface area contributed by atoms with Crippen molar-refractivity contribution in [3.63, 3.8) is 0 Å². The molecule has 2 rings (SSSR count). The fourth-order valence-corrected chi connectivity index (χ4v) is 1.34. The fourth-order valence-electron chi connectivity index (χ4n) is 1.34. The number of nitrogens with one attached hydrogen (secondary N) is 2. The number of fused-ring (bicyclic) bond motifs is 1. The van der Waals surface area contributed by atoms with Gasteiger partial charge in [-0.25, -0.2) is 4.79 Å². The molecule has 3 heteroatoms. The van der Waals surface area contributed by atoms with Crippen molar-refractivity contribution in [1.82, 2.24) is 10.6 Å². The average Bonchev–Trinajstić information content (AvgIpc) is 2.08. The Hall–Kier alpha value is -0.990. The van der Waals surface area contributed by atoms with Crippen LogP contribution in [0.5, 0.6) is 0 Å². The van der Waals surface area contributed by atoms with Gasteiger partial charge in [0.2, 0.25) is 0 Å². The molecule has 2 aliphatic rings. The van der Waals surface area contributed by atoms with E-state index in [1.54, 1.807) is 0 Å². The topological polar surface area (TPSA) is 41.1 Å². The van der Waals surface area contributed by atoms with Crippen molar-refractivity contribution in [3.05, 3.63) is 12.2 Å². The van der Waals surface area contributed by atoms with Crippen LogP contribution in [-0.2, 0) is 0 Å². The summed E-state index contributed by atoms with van der Waals surface area (Å²) >= 11 is 0. The van der Waals surface area contributed by atoms with Gasteiger partial charge in [0.15, 0.2) is 0 Å². The minimum absolute atomic E-state index is 0.0522. The van der Waals surface area contributed by atoms with E-state index >= 15 is 0 Å². The van der Waals surface area contributed by atoms with Gasteiger partial charge in [-0.15, -0.1) is 0 Å². The number of amides is 2. The Morgan fingerprint density at radius 1 is 1.56 bits per heavy atom. The van der Waals surface area contributed by atoms with Gasteiger partial charge in [0.05, 0.1) is 12.1 Å². The quantitative estimate of drug-likeness (QED) is 0.438. The van der Waals surface area contributed by atoms with Crippen molar-refractivity contribution in [3.8, 4) is 0 Å². The predicted molar refractivity (Wildman–Crippen MR) is 33.0 cm³/mol. The summed E-state index contributed by atoms with van der Waals surface area (Å²) in [5, 5.41) is 5.53. The molecule has 0 aromatic rings. The van der Waals surface area contributed by atoms with Gasteiger partial charge in [-0.3, -0.25) is 0 Å². The molecule has 48 valence electrons. The lowest BCUT2D eigenvalue weighted by atomic mass is 9.83. The minimum atomic E-state index is -0.0522. The van der Waals surface area contributed by atoms with E-state index < -0.39 is 0 Å². The van der Waals surface area contributed by atoms with Gasteiger partial charge in [-0.05, 0) is 6.42 Å². The van der Waals surface area contributed by atoms with Crippen LogP contribution < -0.4 is 10.6 Å². The highest BCUT2D eigenvalue weighted by molar-refractivity contribution is 5.79. The first-order valence-corrected chi connectivity index (χ1v) is 3.02. The molecule has 0 bridgehead atoms. The molecule has 2 unspecified atom stereocenters. The van der Waals surface area contributed by atoms with Gasteiger partial charge < -0.3 is 10.6 Å². The van der Waals surface area contributed by atoms with Crippen LogP contribution in [0.1, 0.15) is 6.42 Å². The lowest BCUT2D eigenvalue weighted by Crippen LogP contribution is -2.45. The second-order valence-electron chi connectivity index (χ2n) is 2.56. The van der Waals surface area contributed by atoms with E-state index in [2.05, 4.69) is 17.2 Å². The van der Waals surface area contributed by atoms with Crippen LogP contribution in [0.2, 0.25) is 0 Å². The maximum atomic E-state index is 10.6. The van der Waals surface area contributed by atoms with E-state index in [4.69, 9.17) is 0 Å². The van der Waals surface area contributed by atoms with Crippen molar-refractivity contribution >= 4 is 6.03 Å². The van der Waals surface area contributed by atoms with Crippen molar-refractivity contribution in [1.29, 1.82) is 0 Å². The molecule has 1 saturated carbocycles. The molecule has 0 aromatic carbocycles. The maximum absolute atomic E-state index is 10.6. The van der Waals surface area contributed by atoms with Crippen LogP contribution in [-0.4, -0.2) is 18.1 Å². The first kappa shape index (κ1) is 4.85. The number of carbonyl (C=O) groups excluding carboxylic acids is 1. The van der Waals surface area contributed by atoms with Crippen molar-refractivity contribution in [2.45, 2.75) is 18.5 Å². The smallest absolute Gasteiger partial charge is 0.315 e. The van der Waals surface area contributed by atoms with E-state index in [0.29, 0.717) is 6.04 Å². The normalized spacial score (nSPS) is 38.7. The molecule has 0 aromatic heterocycles. The molecule has 1 aliphatic carbocycles. The largest absolute Gasteiger partial charge is 0.333 e. The van der Waals surface area contributed by atoms with E-state index in [1.165, 1.54) is 0 Å². The SMILES string of the molecule is C=C1CC2NC(=O)NC12. The van der Waals surface area contributed by atoms with Crippen LogP contribution >= 0.6 is 0 Å². The van der Waals surface area contributed by atoms with Gasteiger partial charge in [-0.1, -0.05) is 12.2 Å². The number of urea groups is 1. The zero-order valence-corrected chi connectivity index (χ0v) is 4.98. The van der Waals surface area contributed by atoms with Gasteiger partial charge in [0, 0.05) is 0 Å². The van der Waals surface area contributed by atoms with Gasteiger partial charge in [0.25, 0.3) is 0 Å². The van der Waals surface area contributed by atoms with Crippen LogP contribution in [0.4, 0.5) is 4.79 Å². The standard InChI is InChI=1S/C6H8N2O/c1-3-2-4-5(3)8-6(9)7-4/h4-5H,1-2H2,(H2,7,8,9). The number of carbonyl (C=O) groups is 1. The molecule has 9 heavy (non-hydrogen) atoms. The van der Waals surface area contributed by atoms with E-state index in [-0.39, 0.29) is 12.1 Å². The highest BCUT2D eigenvalue weighted by atomic mass is 16.2. The molecule has 2 fully saturated rings. The minimum Gasteiger partial charge on any atom is -0.333 e. The van der Waals surface area contributed by atoms with Crippen molar-refractivity contribution in [2.24, 2.45) is 0 Å². The molecule has 1 heterocycles. The van der Waals surface area contributed by atoms with Gasteiger partial charge >= 0.3 is 6.03 Å². The summed E-state index contributed by atoms with van der Waals surface area (Å²) in [5.74, 6) is 0. The Morgan fingerprint density at radius 2 is 2.33 bits per heavy atom. The molecular formula is C6H8N2O. The summed E-state index contributed by atoms with van der Waals surface area (Å²) < 4.78 is 0. The average molecular weight is 124 g/mol. The Morgan fingerprint density at radius 3 is 2.78 bits per heavy atom. The van der Waals surface area contributed by atoms with Gasteiger partial charge in [-0.2, -0.15) is 0 Å². The molecule has 3 nitrogen and oxygen atoms in total. The summed E-state index contributed by atoms with van der Waals surface area (Å²) in [6, 6.07) is 0.520. The molecule has 0 radical (unpaired) electrons. The lowest BCUT2D eigenvalue weighted by molar-refractivity contribution is 0.247. The van der Waals surface area contributed by atoms with Gasteiger partial charge in [0.1, 0.15) is 0 Å². The number of rotatable bonds is 0. The molecule has 0 spiro atoms. The lowest BCUT2D eigenvalue weighted by Gasteiger charge is -2.30. The maximum Gasteiger partial charge on any atom is 0.315 e. The highest BCUT2D eigenvalue weighted by Gasteiger charge is 2.41. The highest BCUT2D eigenvalue weighted by Crippen LogP contribution is 2.28. The summed E-state index contributed by atoms with van der Waals surface area (Å²) in [6.45, 7) is 3.78. The molecular weight excluding hydrogens is 116 g/mol. The van der Waals surface area contributed by atoms with Crippen LogP contribution in [0.3, 0.4) is 0 Å². The van der Waals surface area contributed by atoms with Crippen LogP contribution in [0, 0.1) is 0 Å². The number of hydrogen-bond donors (Lipinski definition) is 2. The van der Waals surface area contributed by atoms with E-state index in [9.17, 15) is 4.79 Å². The zero-order valence-electron chi connectivity index (χ0n) is 4.98. The molecule has 1 aliphatic heterocycles. The Labute approximate surface area is 53.1 Å². The fraction of sp³-hybridized carbons (Fsp3) is 0.500. The summed E-state index contributed by atoms with van der Waals surface area (Å²) in [4.78, 5) is 10.6. The molecule has 2 amide bonds. The first-order chi connectivity index (χ1) is 4.27. The van der Waals surface area contributed by atoms with Crippen LogP contribution in [0.25, 0.3) is 0 Å².